The van der Waals surface area contributed by atoms with Gasteiger partial charge in [-0.2, -0.15) is 0 Å². The van der Waals surface area contributed by atoms with Crippen LogP contribution in [0.2, 0.25) is 0 Å². The van der Waals surface area contributed by atoms with E-state index in [2.05, 4.69) is 20.1 Å². The predicted molar refractivity (Wildman–Crippen MR) is 100 cm³/mol. The minimum absolute atomic E-state index is 0.0260. The fraction of sp³-hybridized carbons (Fsp3) is 0.789. The summed E-state index contributed by atoms with van der Waals surface area (Å²) < 4.78 is 2.17. The predicted octanol–water partition coefficient (Wildman–Crippen LogP) is 1.86. The third kappa shape index (κ3) is 3.94. The molecule has 2 aliphatic heterocycles. The third-order valence-corrected chi connectivity index (χ3v) is 6.23. The molecule has 1 aliphatic carbocycles. The van der Waals surface area contributed by atoms with E-state index in [-0.39, 0.29) is 17.9 Å². The molecular weight excluding hydrogens is 344 g/mol. The van der Waals surface area contributed by atoms with Crippen LogP contribution in [0.1, 0.15) is 69.4 Å². The molecule has 1 unspecified atom stereocenters. The van der Waals surface area contributed by atoms with Crippen molar-refractivity contribution in [3.05, 3.63) is 11.6 Å². The number of fused-ring (bicyclic) bond motifs is 1. The number of rotatable bonds is 2. The van der Waals surface area contributed by atoms with Crippen molar-refractivity contribution in [1.82, 2.24) is 29.9 Å². The standard InChI is InChI=1S/C19H30N6O2/c1-14(26)23-9-5-6-15(12-23)18-22-21-17-13-24(10-11-25(17)18)19(27)20-16-7-3-2-4-8-16/h15-16H,2-13H2,1H3,(H,20,27). The number of likely N-dealkylation sites (tertiary alicyclic amines) is 1. The van der Waals surface area contributed by atoms with Crippen LogP contribution in [-0.4, -0.2) is 62.2 Å². The van der Waals surface area contributed by atoms with Crippen molar-refractivity contribution < 1.29 is 9.59 Å². The minimum Gasteiger partial charge on any atom is -0.342 e. The molecule has 1 aromatic heterocycles. The maximum atomic E-state index is 12.6. The summed E-state index contributed by atoms with van der Waals surface area (Å²) in [5, 5.41) is 12.0. The summed E-state index contributed by atoms with van der Waals surface area (Å²) in [6.07, 6.45) is 7.92. The number of carbonyl (C=O) groups excluding carboxylic acids is 2. The van der Waals surface area contributed by atoms with Crippen molar-refractivity contribution in [3.63, 3.8) is 0 Å². The Morgan fingerprint density at radius 1 is 0.963 bits per heavy atom. The second kappa shape index (κ2) is 7.86. The van der Waals surface area contributed by atoms with E-state index >= 15 is 0 Å². The first-order valence-corrected chi connectivity index (χ1v) is 10.3. The number of carbonyl (C=O) groups is 2. The summed E-state index contributed by atoms with van der Waals surface area (Å²) in [6, 6.07) is 0.347. The van der Waals surface area contributed by atoms with Crippen LogP contribution in [0.5, 0.6) is 0 Å². The molecule has 0 bridgehead atoms. The normalized spacial score (nSPS) is 23.8. The molecule has 0 spiro atoms. The molecule has 148 valence electrons. The molecule has 8 nitrogen and oxygen atoms in total. The molecule has 2 fully saturated rings. The van der Waals surface area contributed by atoms with Crippen molar-refractivity contribution in [2.24, 2.45) is 0 Å². The second-order valence-electron chi connectivity index (χ2n) is 8.14. The number of amides is 3. The summed E-state index contributed by atoms with van der Waals surface area (Å²) in [4.78, 5) is 28.1. The van der Waals surface area contributed by atoms with Crippen LogP contribution in [0.3, 0.4) is 0 Å². The summed E-state index contributed by atoms with van der Waals surface area (Å²) in [5.41, 5.74) is 0. The Morgan fingerprint density at radius 2 is 1.78 bits per heavy atom. The van der Waals surface area contributed by atoms with Gasteiger partial charge in [-0.25, -0.2) is 4.79 Å². The molecule has 0 radical (unpaired) electrons. The molecule has 8 heteroatoms. The smallest absolute Gasteiger partial charge is 0.318 e. The second-order valence-corrected chi connectivity index (χ2v) is 8.14. The van der Waals surface area contributed by atoms with Crippen LogP contribution in [-0.2, 0) is 17.9 Å². The van der Waals surface area contributed by atoms with E-state index in [1.165, 1.54) is 19.3 Å². The highest BCUT2D eigenvalue weighted by Crippen LogP contribution is 2.27. The lowest BCUT2D eigenvalue weighted by molar-refractivity contribution is -0.130. The molecule has 27 heavy (non-hydrogen) atoms. The van der Waals surface area contributed by atoms with E-state index in [9.17, 15) is 9.59 Å². The molecule has 1 N–H and O–H groups in total. The number of nitrogens with one attached hydrogen (secondary N) is 1. The zero-order valence-electron chi connectivity index (χ0n) is 16.2. The Bertz CT molecular complexity index is 696. The number of hydrogen-bond donors (Lipinski definition) is 1. The fourth-order valence-corrected chi connectivity index (χ4v) is 4.64. The van der Waals surface area contributed by atoms with Gasteiger partial charge < -0.3 is 19.7 Å². The molecular formula is C19H30N6O2. The van der Waals surface area contributed by atoms with E-state index in [0.29, 0.717) is 19.1 Å². The number of nitrogens with zero attached hydrogens (tertiary/aromatic N) is 5. The van der Waals surface area contributed by atoms with Gasteiger partial charge >= 0.3 is 6.03 Å². The molecule has 1 atom stereocenters. The van der Waals surface area contributed by atoms with Gasteiger partial charge in [0, 0.05) is 45.1 Å². The first-order valence-electron chi connectivity index (χ1n) is 10.3. The third-order valence-electron chi connectivity index (χ3n) is 6.23. The van der Waals surface area contributed by atoms with Crippen LogP contribution in [0.4, 0.5) is 4.79 Å². The SMILES string of the molecule is CC(=O)N1CCCC(c2nnc3n2CCN(C(=O)NC2CCCCC2)C3)C1. The van der Waals surface area contributed by atoms with Gasteiger partial charge in [0.05, 0.1) is 6.54 Å². The molecule has 1 saturated heterocycles. The average molecular weight is 374 g/mol. The van der Waals surface area contributed by atoms with Gasteiger partial charge in [0.15, 0.2) is 5.82 Å². The monoisotopic (exact) mass is 374 g/mol. The Labute approximate surface area is 160 Å². The summed E-state index contributed by atoms with van der Waals surface area (Å²) in [6.45, 7) is 5.10. The van der Waals surface area contributed by atoms with Gasteiger partial charge in [0.1, 0.15) is 5.82 Å². The van der Waals surface area contributed by atoms with Crippen LogP contribution < -0.4 is 5.32 Å². The van der Waals surface area contributed by atoms with E-state index in [1.807, 2.05) is 9.80 Å². The van der Waals surface area contributed by atoms with Gasteiger partial charge in [-0.05, 0) is 25.7 Å². The Hall–Kier alpha value is -2.12. The molecule has 3 amide bonds. The van der Waals surface area contributed by atoms with E-state index in [4.69, 9.17) is 0 Å². The van der Waals surface area contributed by atoms with E-state index < -0.39 is 0 Å². The van der Waals surface area contributed by atoms with Gasteiger partial charge in [0.2, 0.25) is 5.91 Å². The lowest BCUT2D eigenvalue weighted by atomic mass is 9.96. The molecule has 3 heterocycles. The molecule has 4 rings (SSSR count). The highest BCUT2D eigenvalue weighted by molar-refractivity contribution is 5.74. The maximum Gasteiger partial charge on any atom is 0.318 e. The van der Waals surface area contributed by atoms with Crippen LogP contribution in [0.25, 0.3) is 0 Å². The largest absolute Gasteiger partial charge is 0.342 e. The summed E-state index contributed by atoms with van der Waals surface area (Å²) in [7, 11) is 0. The van der Waals surface area contributed by atoms with Gasteiger partial charge in [-0.1, -0.05) is 19.3 Å². The van der Waals surface area contributed by atoms with Gasteiger partial charge in [-0.15, -0.1) is 10.2 Å². The summed E-state index contributed by atoms with van der Waals surface area (Å²) in [5.74, 6) is 2.20. The van der Waals surface area contributed by atoms with E-state index in [1.54, 1.807) is 6.92 Å². The maximum absolute atomic E-state index is 12.6. The number of aromatic nitrogens is 3. The van der Waals surface area contributed by atoms with Crippen molar-refractivity contribution in [2.75, 3.05) is 19.6 Å². The molecule has 1 aromatic rings. The van der Waals surface area contributed by atoms with Crippen molar-refractivity contribution in [2.45, 2.75) is 76.9 Å². The Kier molecular flexibility index (Phi) is 5.31. The Morgan fingerprint density at radius 3 is 2.56 bits per heavy atom. The topological polar surface area (TPSA) is 83.4 Å². The first kappa shape index (κ1) is 18.3. The van der Waals surface area contributed by atoms with Crippen molar-refractivity contribution in [1.29, 1.82) is 0 Å². The minimum atomic E-state index is 0.0260. The van der Waals surface area contributed by atoms with Crippen molar-refractivity contribution >= 4 is 11.9 Å². The highest BCUT2D eigenvalue weighted by Gasteiger charge is 2.31. The number of piperidine rings is 1. The number of urea groups is 1. The van der Waals surface area contributed by atoms with Crippen LogP contribution >= 0.6 is 0 Å². The van der Waals surface area contributed by atoms with Crippen LogP contribution in [0.15, 0.2) is 0 Å². The van der Waals surface area contributed by atoms with E-state index in [0.717, 1.165) is 57.0 Å². The fourth-order valence-electron chi connectivity index (χ4n) is 4.64. The van der Waals surface area contributed by atoms with Gasteiger partial charge in [0.25, 0.3) is 0 Å². The lowest BCUT2D eigenvalue weighted by Gasteiger charge is -2.34. The summed E-state index contributed by atoms with van der Waals surface area (Å²) >= 11 is 0. The van der Waals surface area contributed by atoms with Crippen LogP contribution in [0, 0.1) is 0 Å². The highest BCUT2D eigenvalue weighted by atomic mass is 16.2. The lowest BCUT2D eigenvalue weighted by Crippen LogP contribution is -2.48. The average Bonchev–Trinajstić information content (AvgIpc) is 3.12. The number of hydrogen-bond acceptors (Lipinski definition) is 4. The molecule has 3 aliphatic rings. The molecule has 1 saturated carbocycles. The zero-order valence-corrected chi connectivity index (χ0v) is 16.2. The molecule has 0 aromatic carbocycles. The van der Waals surface area contributed by atoms with Crippen molar-refractivity contribution in [3.8, 4) is 0 Å². The first-order chi connectivity index (χ1) is 13.1. The Balaban J connectivity index is 1.39. The van der Waals surface area contributed by atoms with Gasteiger partial charge in [-0.3, -0.25) is 4.79 Å². The zero-order chi connectivity index (χ0) is 18.8. The quantitative estimate of drug-likeness (QED) is 0.856.